The van der Waals surface area contributed by atoms with E-state index < -0.39 is 0 Å². The van der Waals surface area contributed by atoms with Crippen LogP contribution in [0.15, 0.2) is 39.1 Å². The SMILES string of the molecule is Nc1ccc(=O)n(CCSc2nc(N)cc(=O)[nH]2)c1. The Morgan fingerprint density at radius 2 is 2.11 bits per heavy atom. The molecule has 100 valence electrons. The average molecular weight is 279 g/mol. The number of thioether (sulfide) groups is 1. The molecule has 2 aromatic rings. The quantitative estimate of drug-likeness (QED) is 0.530. The van der Waals surface area contributed by atoms with Gasteiger partial charge in [-0.25, -0.2) is 4.98 Å². The molecule has 7 nitrogen and oxygen atoms in total. The lowest BCUT2D eigenvalue weighted by molar-refractivity contribution is 0.735. The van der Waals surface area contributed by atoms with Crippen molar-refractivity contribution < 1.29 is 0 Å². The Balaban J connectivity index is 2.02. The van der Waals surface area contributed by atoms with Crippen LogP contribution in [0.1, 0.15) is 0 Å². The molecule has 5 N–H and O–H groups in total. The van der Waals surface area contributed by atoms with Gasteiger partial charge in [-0.1, -0.05) is 11.8 Å². The van der Waals surface area contributed by atoms with Crippen LogP contribution in [-0.2, 0) is 6.54 Å². The normalized spacial score (nSPS) is 10.5. The topological polar surface area (TPSA) is 120 Å². The number of nitrogens with zero attached hydrogens (tertiary/aromatic N) is 2. The first-order valence-electron chi connectivity index (χ1n) is 5.50. The van der Waals surface area contributed by atoms with Crippen molar-refractivity contribution in [1.29, 1.82) is 0 Å². The van der Waals surface area contributed by atoms with Gasteiger partial charge in [-0.15, -0.1) is 0 Å². The molecule has 0 saturated carbocycles. The second-order valence-corrected chi connectivity index (χ2v) is 4.90. The molecule has 0 fully saturated rings. The van der Waals surface area contributed by atoms with Gasteiger partial charge in [-0.3, -0.25) is 9.59 Å². The number of aromatic nitrogens is 3. The van der Waals surface area contributed by atoms with Crippen LogP contribution in [0, 0.1) is 0 Å². The van der Waals surface area contributed by atoms with Crippen molar-refractivity contribution in [3.8, 4) is 0 Å². The van der Waals surface area contributed by atoms with Crippen molar-refractivity contribution in [3.05, 3.63) is 45.1 Å². The fourth-order valence-electron chi connectivity index (χ4n) is 1.49. The van der Waals surface area contributed by atoms with Gasteiger partial charge < -0.3 is 21.0 Å². The number of nitrogens with one attached hydrogen (secondary N) is 1. The lowest BCUT2D eigenvalue weighted by Crippen LogP contribution is -2.20. The first-order chi connectivity index (χ1) is 9.04. The van der Waals surface area contributed by atoms with Crippen LogP contribution in [0.4, 0.5) is 11.5 Å². The van der Waals surface area contributed by atoms with Crippen molar-refractivity contribution in [2.45, 2.75) is 11.7 Å². The van der Waals surface area contributed by atoms with Crippen molar-refractivity contribution in [2.75, 3.05) is 17.2 Å². The Morgan fingerprint density at radius 3 is 2.84 bits per heavy atom. The van der Waals surface area contributed by atoms with E-state index >= 15 is 0 Å². The van der Waals surface area contributed by atoms with Crippen LogP contribution < -0.4 is 22.6 Å². The van der Waals surface area contributed by atoms with Crippen LogP contribution >= 0.6 is 11.8 Å². The zero-order valence-electron chi connectivity index (χ0n) is 10.00. The molecule has 19 heavy (non-hydrogen) atoms. The maximum Gasteiger partial charge on any atom is 0.253 e. The van der Waals surface area contributed by atoms with Crippen LogP contribution in [0.3, 0.4) is 0 Å². The highest BCUT2D eigenvalue weighted by Gasteiger charge is 2.01. The molecular weight excluding hydrogens is 266 g/mol. The van der Waals surface area contributed by atoms with Crippen LogP contribution in [0.25, 0.3) is 0 Å². The summed E-state index contributed by atoms with van der Waals surface area (Å²) >= 11 is 1.31. The van der Waals surface area contributed by atoms with E-state index in [-0.39, 0.29) is 16.9 Å². The summed E-state index contributed by atoms with van der Waals surface area (Å²) in [5.74, 6) is 0.739. The molecule has 0 saturated heterocycles. The van der Waals surface area contributed by atoms with E-state index in [0.29, 0.717) is 23.1 Å². The lowest BCUT2D eigenvalue weighted by Gasteiger charge is -2.05. The number of hydrogen-bond donors (Lipinski definition) is 3. The van der Waals surface area contributed by atoms with Crippen molar-refractivity contribution in [2.24, 2.45) is 0 Å². The number of aryl methyl sites for hydroxylation is 1. The average Bonchev–Trinajstić information content (AvgIpc) is 2.32. The molecule has 0 radical (unpaired) electrons. The Hall–Kier alpha value is -2.22. The molecule has 0 aliphatic carbocycles. The van der Waals surface area contributed by atoms with Crippen molar-refractivity contribution >= 4 is 23.3 Å². The molecule has 2 aromatic heterocycles. The van der Waals surface area contributed by atoms with Gasteiger partial charge in [0.05, 0.1) is 0 Å². The maximum atomic E-state index is 11.5. The third-order valence-electron chi connectivity index (χ3n) is 2.32. The third kappa shape index (κ3) is 3.62. The van der Waals surface area contributed by atoms with E-state index in [2.05, 4.69) is 9.97 Å². The van der Waals surface area contributed by atoms with Crippen LogP contribution in [0.5, 0.6) is 0 Å². The molecular formula is C11H13N5O2S. The predicted molar refractivity (Wildman–Crippen MR) is 75.1 cm³/mol. The number of H-pyrrole nitrogens is 1. The maximum absolute atomic E-state index is 11.5. The van der Waals surface area contributed by atoms with Gasteiger partial charge >= 0.3 is 0 Å². The molecule has 0 unspecified atom stereocenters. The molecule has 0 bridgehead atoms. The van der Waals surface area contributed by atoms with Gasteiger partial charge in [-0.05, 0) is 6.07 Å². The molecule has 2 heterocycles. The number of rotatable bonds is 4. The Morgan fingerprint density at radius 1 is 1.32 bits per heavy atom. The minimum Gasteiger partial charge on any atom is -0.398 e. The number of pyridine rings is 1. The smallest absolute Gasteiger partial charge is 0.253 e. The Kier molecular flexibility index (Phi) is 3.91. The van der Waals surface area contributed by atoms with Crippen LogP contribution in [0.2, 0.25) is 0 Å². The summed E-state index contributed by atoms with van der Waals surface area (Å²) in [6, 6.07) is 4.19. The van der Waals surface area contributed by atoms with E-state index in [1.165, 1.54) is 28.5 Å². The van der Waals surface area contributed by atoms with E-state index in [4.69, 9.17) is 11.5 Å². The highest BCUT2D eigenvalue weighted by molar-refractivity contribution is 7.99. The van der Waals surface area contributed by atoms with Gasteiger partial charge in [0.2, 0.25) is 0 Å². The number of hydrogen-bond acceptors (Lipinski definition) is 6. The molecule has 0 amide bonds. The first-order valence-corrected chi connectivity index (χ1v) is 6.49. The van der Waals surface area contributed by atoms with Gasteiger partial charge in [0, 0.05) is 36.3 Å². The summed E-state index contributed by atoms with van der Waals surface area (Å²) < 4.78 is 1.51. The number of aromatic amines is 1. The molecule has 0 aliphatic rings. The monoisotopic (exact) mass is 279 g/mol. The highest BCUT2D eigenvalue weighted by atomic mass is 32.2. The van der Waals surface area contributed by atoms with E-state index in [1.54, 1.807) is 12.3 Å². The number of nitrogen functional groups attached to an aromatic ring is 2. The summed E-state index contributed by atoms with van der Waals surface area (Å²) in [6.45, 7) is 0.465. The zero-order chi connectivity index (χ0) is 13.8. The highest BCUT2D eigenvalue weighted by Crippen LogP contribution is 2.12. The third-order valence-corrected chi connectivity index (χ3v) is 3.17. The molecule has 8 heteroatoms. The molecule has 0 aliphatic heterocycles. The second kappa shape index (κ2) is 5.61. The predicted octanol–water partition coefficient (Wildman–Crippen LogP) is -0.112. The molecule has 2 rings (SSSR count). The molecule has 0 spiro atoms. The standard InChI is InChI=1S/C11H13N5O2S/c12-7-1-2-10(18)16(6-7)3-4-19-11-14-8(13)5-9(17)15-11/h1-2,5-6H,3-4,12H2,(H3,13,14,15,17). The fourth-order valence-corrected chi connectivity index (χ4v) is 2.31. The van der Waals surface area contributed by atoms with E-state index in [9.17, 15) is 9.59 Å². The molecule has 0 atom stereocenters. The summed E-state index contributed by atoms with van der Waals surface area (Å²) in [6.07, 6.45) is 1.58. The largest absolute Gasteiger partial charge is 0.398 e. The molecule has 0 aromatic carbocycles. The first kappa shape index (κ1) is 13.2. The van der Waals surface area contributed by atoms with Gasteiger partial charge in [0.15, 0.2) is 5.16 Å². The van der Waals surface area contributed by atoms with Gasteiger partial charge in [-0.2, -0.15) is 0 Å². The fraction of sp³-hybridized carbons (Fsp3) is 0.182. The van der Waals surface area contributed by atoms with Gasteiger partial charge in [0.25, 0.3) is 11.1 Å². The van der Waals surface area contributed by atoms with Crippen molar-refractivity contribution in [3.63, 3.8) is 0 Å². The number of nitrogens with two attached hydrogens (primary N) is 2. The zero-order valence-corrected chi connectivity index (χ0v) is 10.8. The summed E-state index contributed by atoms with van der Waals surface area (Å²) in [5.41, 5.74) is 11.2. The van der Waals surface area contributed by atoms with E-state index in [0.717, 1.165) is 0 Å². The summed E-state index contributed by atoms with van der Waals surface area (Å²) in [4.78, 5) is 29.3. The Labute approximate surface area is 112 Å². The van der Waals surface area contributed by atoms with E-state index in [1.807, 2.05) is 0 Å². The van der Waals surface area contributed by atoms with Crippen LogP contribution in [-0.4, -0.2) is 20.3 Å². The minimum absolute atomic E-state index is 0.121. The Bertz CT molecular complexity index is 694. The van der Waals surface area contributed by atoms with Crippen molar-refractivity contribution in [1.82, 2.24) is 14.5 Å². The number of anilines is 2. The lowest BCUT2D eigenvalue weighted by atomic mass is 10.4. The summed E-state index contributed by atoms with van der Waals surface area (Å²) in [7, 11) is 0. The summed E-state index contributed by atoms with van der Waals surface area (Å²) in [5, 5.41) is 0.432. The van der Waals surface area contributed by atoms with Gasteiger partial charge in [0.1, 0.15) is 5.82 Å². The second-order valence-electron chi connectivity index (χ2n) is 3.82. The minimum atomic E-state index is -0.295.